The molecule has 3 aliphatic heterocycles. The van der Waals surface area contributed by atoms with Gasteiger partial charge in [-0.2, -0.15) is 0 Å². The van der Waals surface area contributed by atoms with E-state index in [-0.39, 0.29) is 42.3 Å². The normalized spacial score (nSPS) is 15.3. The van der Waals surface area contributed by atoms with E-state index in [4.69, 9.17) is 103 Å². The SMILES string of the molecule is CCCCOC(=O)N1CCc2c([nH]c3ccc(Cl)cc23)C1c1ccc(OCCOCCOC)cc1.COCCOCCOc1ccc(C2c3[nH]c4ccc(Cl)cc4c3CCN2C(=O)OCC(C)C)cc1.COCCOCCOc1ccc(C2c3[nH]c4ccc(Cl)cc4c3CCN2C(=O)OCCCCl)cc1. The molecule has 3 unspecified atom stereocenters. The quantitative estimate of drug-likeness (QED) is 0.0203. The number of carbonyl (C=O) groups is 3. The van der Waals surface area contributed by atoms with E-state index in [9.17, 15) is 14.4 Å². The first kappa shape index (κ1) is 79.6. The Kier molecular flexibility index (Phi) is 30.9. The van der Waals surface area contributed by atoms with Crippen molar-refractivity contribution in [3.8, 4) is 17.2 Å². The number of amides is 3. The highest BCUT2D eigenvalue weighted by Gasteiger charge is 2.39. The number of carbonyl (C=O) groups excluding carboxylic acids is 3. The second-order valence-corrected chi connectivity index (χ2v) is 27.5. The number of hydrogen-bond donors (Lipinski definition) is 3. The van der Waals surface area contributed by atoms with Crippen molar-refractivity contribution in [2.75, 3.05) is 146 Å². The fraction of sp³-hybridized carbons (Fsp3) is 0.438. The molecule has 3 aliphatic rings. The molecule has 564 valence electrons. The fourth-order valence-corrected chi connectivity index (χ4v) is 13.7. The third-order valence-corrected chi connectivity index (χ3v) is 19.1. The molecule has 9 aromatic rings. The molecule has 21 nitrogen and oxygen atoms in total. The molecule has 3 amide bonds. The van der Waals surface area contributed by atoms with Gasteiger partial charge in [0.1, 0.15) is 55.2 Å². The molecule has 105 heavy (non-hydrogen) atoms. The molecule has 0 saturated heterocycles. The molecule has 25 heteroatoms. The summed E-state index contributed by atoms with van der Waals surface area (Å²) in [5.41, 5.74) is 12.5. The first-order valence-electron chi connectivity index (χ1n) is 35.9. The zero-order valence-electron chi connectivity index (χ0n) is 60.6. The first-order valence-corrected chi connectivity index (χ1v) is 37.5. The van der Waals surface area contributed by atoms with Crippen LogP contribution >= 0.6 is 46.4 Å². The van der Waals surface area contributed by atoms with E-state index in [1.807, 2.05) is 146 Å². The number of methoxy groups -OCH3 is 3. The zero-order valence-corrected chi connectivity index (χ0v) is 63.6. The second-order valence-electron chi connectivity index (χ2n) is 25.8. The Bertz CT molecular complexity index is 4030. The van der Waals surface area contributed by atoms with E-state index in [0.717, 1.165) is 109 Å². The highest BCUT2D eigenvalue weighted by atomic mass is 35.5. The van der Waals surface area contributed by atoms with E-state index < -0.39 is 0 Å². The van der Waals surface area contributed by atoms with Crippen LogP contribution in [-0.4, -0.2) is 194 Å². The van der Waals surface area contributed by atoms with Gasteiger partial charge in [-0.1, -0.05) is 98.4 Å². The predicted molar refractivity (Wildman–Crippen MR) is 410 cm³/mol. The van der Waals surface area contributed by atoms with Crippen LogP contribution < -0.4 is 14.2 Å². The van der Waals surface area contributed by atoms with Crippen LogP contribution in [-0.2, 0) is 61.9 Å². The zero-order chi connectivity index (χ0) is 74.0. The van der Waals surface area contributed by atoms with E-state index >= 15 is 0 Å². The van der Waals surface area contributed by atoms with Crippen molar-refractivity contribution in [2.45, 2.75) is 77.4 Å². The lowest BCUT2D eigenvalue weighted by molar-refractivity contribution is 0.0544. The third-order valence-electron chi connectivity index (χ3n) is 18.1. The summed E-state index contributed by atoms with van der Waals surface area (Å²) < 4.78 is 65.4. The average molecular weight is 1520 g/mol. The van der Waals surface area contributed by atoms with Gasteiger partial charge in [-0.3, -0.25) is 14.7 Å². The number of H-pyrrole nitrogens is 3. The number of ether oxygens (including phenoxy) is 12. The van der Waals surface area contributed by atoms with Crippen molar-refractivity contribution < 1.29 is 71.2 Å². The van der Waals surface area contributed by atoms with Crippen LogP contribution in [0.2, 0.25) is 15.1 Å². The number of aromatic nitrogens is 3. The van der Waals surface area contributed by atoms with Crippen LogP contribution in [0.4, 0.5) is 14.4 Å². The maximum Gasteiger partial charge on any atom is 0.410 e. The summed E-state index contributed by atoms with van der Waals surface area (Å²) in [7, 11) is 4.93. The summed E-state index contributed by atoms with van der Waals surface area (Å²) in [4.78, 5) is 55.2. The van der Waals surface area contributed by atoms with E-state index in [1.54, 1.807) is 31.1 Å². The smallest absolute Gasteiger partial charge is 0.410 e. The van der Waals surface area contributed by atoms with Crippen LogP contribution in [0.5, 0.6) is 17.2 Å². The number of benzene rings is 6. The lowest BCUT2D eigenvalue weighted by atomic mass is 9.92. The molecule has 0 spiro atoms. The molecule has 0 saturated carbocycles. The fourth-order valence-electron chi connectivity index (χ4n) is 13.0. The second kappa shape index (κ2) is 40.7. The van der Waals surface area contributed by atoms with Crippen molar-refractivity contribution in [3.63, 3.8) is 0 Å². The molecular weight excluding hydrogens is 1430 g/mol. The number of alkyl halides is 1. The monoisotopic (exact) mass is 1520 g/mol. The Morgan fingerprint density at radius 1 is 0.419 bits per heavy atom. The number of fused-ring (bicyclic) bond motifs is 9. The molecule has 0 aliphatic carbocycles. The largest absolute Gasteiger partial charge is 0.491 e. The average Bonchev–Trinajstić information content (AvgIpc) is 1.64. The van der Waals surface area contributed by atoms with Gasteiger partial charge in [0, 0.05) is 112 Å². The number of nitrogens with one attached hydrogen (secondary N) is 3. The molecule has 0 radical (unpaired) electrons. The maximum absolute atomic E-state index is 13.1. The maximum atomic E-state index is 13.1. The van der Waals surface area contributed by atoms with Gasteiger partial charge in [0.2, 0.25) is 0 Å². The summed E-state index contributed by atoms with van der Waals surface area (Å²) in [5, 5.41) is 5.37. The molecule has 12 rings (SSSR count). The van der Waals surface area contributed by atoms with E-state index in [2.05, 4.69) is 21.9 Å². The summed E-state index contributed by atoms with van der Waals surface area (Å²) in [6.07, 6.45) is 3.66. The van der Waals surface area contributed by atoms with Gasteiger partial charge in [-0.05, 0) is 162 Å². The van der Waals surface area contributed by atoms with Gasteiger partial charge in [0.15, 0.2) is 0 Å². The van der Waals surface area contributed by atoms with Crippen LogP contribution in [0.15, 0.2) is 127 Å². The standard InChI is InChI=1S/2C27H33ClN2O5.C26H30Cl2N2O5/c1-18(2)17-35-27(31)30-11-10-22-23-16-20(28)6-9-24(23)29-25(22)26(30)19-4-7-21(8-5-19)34-15-14-33-13-12-32-3;1-3-4-13-35-27(31)30-12-11-22-23-18-20(28)7-10-24(23)29-25(22)26(30)19-5-8-21(9-6-19)34-17-16-33-15-14-32-2;1-32-13-14-33-15-16-34-20-6-3-18(4-7-20)25-24-21(22-17-19(28)5-8-23(22)29-24)9-11-30(25)26(31)35-12-2-10-27/h4-9,16,18,26,29H,10-15,17H2,1-3H3;5-10,18,26,29H,3-4,11-17H2,1-2H3;3-8,17,25,29H,2,9-16H2,1H3. The van der Waals surface area contributed by atoms with Crippen molar-refractivity contribution in [2.24, 2.45) is 5.92 Å². The van der Waals surface area contributed by atoms with Crippen molar-refractivity contribution >= 4 is 97.4 Å². The molecule has 3 N–H and O–H groups in total. The number of aromatic amines is 3. The Morgan fingerprint density at radius 3 is 1.04 bits per heavy atom. The van der Waals surface area contributed by atoms with E-state index in [0.29, 0.717) is 153 Å². The molecule has 6 heterocycles. The third kappa shape index (κ3) is 21.5. The molecule has 0 fully saturated rings. The van der Waals surface area contributed by atoms with Gasteiger partial charge in [-0.25, -0.2) is 14.4 Å². The highest BCUT2D eigenvalue weighted by Crippen LogP contribution is 2.44. The Labute approximate surface area is 634 Å². The molecule has 3 aromatic heterocycles. The van der Waals surface area contributed by atoms with Crippen molar-refractivity contribution in [3.05, 3.63) is 193 Å². The van der Waals surface area contributed by atoms with Crippen molar-refractivity contribution in [1.29, 1.82) is 0 Å². The summed E-state index contributed by atoms with van der Waals surface area (Å²) in [5.74, 6) is 2.95. The molecule has 0 bridgehead atoms. The van der Waals surface area contributed by atoms with Gasteiger partial charge in [-0.15, -0.1) is 11.6 Å². The Hall–Kier alpha value is -7.93. The summed E-state index contributed by atoms with van der Waals surface area (Å²) in [6.45, 7) is 15.0. The van der Waals surface area contributed by atoms with Crippen LogP contribution in [0, 0.1) is 5.92 Å². The number of nitrogens with zero attached hydrogens (tertiary/aromatic N) is 3. The van der Waals surface area contributed by atoms with Crippen LogP contribution in [0.1, 0.15) is 109 Å². The number of rotatable bonds is 32. The Morgan fingerprint density at radius 2 is 0.733 bits per heavy atom. The van der Waals surface area contributed by atoms with Crippen LogP contribution in [0.3, 0.4) is 0 Å². The van der Waals surface area contributed by atoms with E-state index in [1.165, 1.54) is 16.7 Å². The van der Waals surface area contributed by atoms with Gasteiger partial charge >= 0.3 is 18.3 Å². The summed E-state index contributed by atoms with van der Waals surface area (Å²) in [6, 6.07) is 40.1. The van der Waals surface area contributed by atoms with Gasteiger partial charge in [0.25, 0.3) is 0 Å². The molecular formula is C80H96Cl4N6O15. The summed E-state index contributed by atoms with van der Waals surface area (Å²) >= 11 is 24.6. The molecule has 6 aromatic carbocycles. The highest BCUT2D eigenvalue weighted by molar-refractivity contribution is 6.32. The first-order chi connectivity index (χ1) is 51.2. The van der Waals surface area contributed by atoms with Crippen LogP contribution in [0.25, 0.3) is 32.7 Å². The Balaban J connectivity index is 0.000000169. The minimum atomic E-state index is -0.351. The lowest BCUT2D eigenvalue weighted by Crippen LogP contribution is -2.41. The van der Waals surface area contributed by atoms with Crippen molar-refractivity contribution in [1.82, 2.24) is 29.7 Å². The number of hydrogen-bond acceptors (Lipinski definition) is 15. The minimum Gasteiger partial charge on any atom is -0.491 e. The predicted octanol–water partition coefficient (Wildman–Crippen LogP) is 16.9. The number of unbranched alkanes of at least 4 members (excludes halogenated alkanes) is 1. The topological polar surface area (TPSA) is 219 Å². The minimum absolute atomic E-state index is 0.267. The van der Waals surface area contributed by atoms with Gasteiger partial charge < -0.3 is 71.8 Å². The lowest BCUT2D eigenvalue weighted by Gasteiger charge is -2.35. The number of halogens is 4. The van der Waals surface area contributed by atoms with Gasteiger partial charge in [0.05, 0.1) is 79.3 Å². The molecule has 3 atom stereocenters.